The van der Waals surface area contributed by atoms with Gasteiger partial charge in [-0.25, -0.2) is 4.79 Å². The summed E-state index contributed by atoms with van der Waals surface area (Å²) in [6.45, 7) is 1.38. The van der Waals surface area contributed by atoms with Crippen LogP contribution in [0.1, 0.15) is 27.0 Å². The van der Waals surface area contributed by atoms with E-state index in [0.717, 1.165) is 28.0 Å². The second-order valence-electron chi connectivity index (χ2n) is 38.0. The number of Topliss-reactive ketones (excluding diaryl/α,β-unsaturated/α-hetero) is 1. The summed E-state index contributed by atoms with van der Waals surface area (Å²) in [7, 11) is 375. The zero-order valence-electron chi connectivity index (χ0n) is 83.0. The van der Waals surface area contributed by atoms with Crippen LogP contribution in [0.3, 0.4) is 0 Å². The molecule has 0 saturated carbocycles. The van der Waals surface area contributed by atoms with E-state index in [9.17, 15) is 9.59 Å². The van der Waals surface area contributed by atoms with Gasteiger partial charge >= 0.3 is 5.97 Å². The molecule has 0 unspecified atom stereocenters. The molecule has 0 atom stereocenters. The van der Waals surface area contributed by atoms with Crippen LogP contribution in [0.25, 0.3) is 5.57 Å². The van der Waals surface area contributed by atoms with Gasteiger partial charge in [0, 0.05) is 747 Å². The van der Waals surface area contributed by atoms with Crippen LogP contribution >= 0.6 is 0 Å². The number of ether oxygens (including phenoxy) is 5. The Labute approximate surface area is 959 Å². The lowest BCUT2D eigenvalue weighted by atomic mass is 8.18. The third-order valence-corrected chi connectivity index (χ3v) is 27.7. The van der Waals surface area contributed by atoms with Crippen molar-refractivity contribution in [1.29, 1.82) is 0 Å². The average Bonchev–Trinajstić information content (AvgIpc) is 0.704. The van der Waals surface area contributed by atoms with Gasteiger partial charge in [0.05, 0.1) is 13.7 Å². The largest absolute Gasteiger partial charge is 0.489 e. The molecular weight excluding hydrogens is 1640 g/mol. The van der Waals surface area contributed by atoms with E-state index in [0.29, 0.717) is 31.1 Å². The average molecular weight is 1670 g/mol. The standard InChI is InChI=1S/C19H20O4.C16H16O3.B102/c1-21-14-17(12-19(20)22-2)16-9-6-10-18(11-16)23-13-15-7-4-3-5-8-15;1-18-12-16(17)14-8-5-9-15(10-14)19-11-13-6-3-2-4-7-13;1-53(2)79(54(3)4)92(80(55(5)6)56(7)8)98(91(77(49)50)78(51)52)101(97(89(73(41)42)74(43)44)90(75(45)46)76(47)48)102(99(93(81(57(9)10)58(11)12)82(59(13)14)60(15)16)94(83(61(17)18)62(19)20)84(63(21)22)64(23)24)100(95(85(65(25)26)66(27)28)86(67(29)30)68(31)32)96(87(69(33)34)70(35)36)88(71(37)38)72(39)40/h3-12H,13-14H2,1-2H3;2-10H,11-12H2,1H3;. The van der Waals surface area contributed by atoms with Crippen molar-refractivity contribution in [3.63, 3.8) is 0 Å². The molecule has 0 N–H and O–H groups in total. The summed E-state index contributed by atoms with van der Waals surface area (Å²) in [6.07, 6.45) is -94.9. The Bertz CT molecular complexity index is 3760. The van der Waals surface area contributed by atoms with Crippen LogP contribution in [0.2, 0.25) is 0 Å². The van der Waals surface area contributed by atoms with Gasteiger partial charge < -0.3 is 23.7 Å². The van der Waals surface area contributed by atoms with Crippen LogP contribution in [0.4, 0.5) is 0 Å². The number of hydrogen-bond acceptors (Lipinski definition) is 7. The molecule has 4 aromatic rings. The highest BCUT2D eigenvalue weighted by Gasteiger charge is 2.69. The fourth-order valence-electron chi connectivity index (χ4n) is 22.3. The molecular formula is C35H36B102O7. The van der Waals surface area contributed by atoms with Crippen molar-refractivity contribution in [2.45, 2.75) is 13.2 Å². The van der Waals surface area contributed by atoms with Crippen LogP contribution in [0.15, 0.2) is 115 Å². The normalized spacial score (nSPS) is 10.1. The Morgan fingerprint density at radius 3 is 0.549 bits per heavy atom. The highest BCUT2D eigenvalue weighted by molar-refractivity contribution is 8.44. The lowest BCUT2D eigenvalue weighted by molar-refractivity contribution is -0.134. The molecule has 0 aliphatic heterocycles. The van der Waals surface area contributed by atoms with Crippen molar-refractivity contribution in [3.8, 4) is 11.5 Å². The zero-order chi connectivity index (χ0) is 111. The predicted octanol–water partition coefficient (Wildman–Crippen LogP) is -32.3. The minimum atomic E-state index is -2.36. The predicted molar refractivity (Wildman–Crippen MR) is 749 cm³/mol. The lowest BCUT2D eigenvalue weighted by Crippen LogP contribution is -3.01. The van der Waals surface area contributed by atoms with E-state index in [1.165, 1.54) is 20.3 Å². The molecule has 0 spiro atoms. The van der Waals surface area contributed by atoms with Gasteiger partial charge in [0.2, 0.25) is 0 Å². The second-order valence-corrected chi connectivity index (χ2v) is 38.0. The first-order valence-corrected chi connectivity index (χ1v) is 47.0. The summed E-state index contributed by atoms with van der Waals surface area (Å²) < 4.78 is 26.2. The van der Waals surface area contributed by atoms with Crippen molar-refractivity contribution in [2.24, 2.45) is 0 Å². The third kappa shape index (κ3) is 42.2. The molecule has 0 fully saturated rings. The van der Waals surface area contributed by atoms with Gasteiger partial charge in [-0.15, -0.1) is 0 Å². The summed E-state index contributed by atoms with van der Waals surface area (Å²) in [5, 5.41) is 0. The molecule has 524 valence electrons. The minimum Gasteiger partial charge on any atom is -0.489 e. The van der Waals surface area contributed by atoms with Gasteiger partial charge in [0.25, 0.3) is 0 Å². The Morgan fingerprint density at radius 1 is 0.208 bits per heavy atom. The molecule has 0 heterocycles. The van der Waals surface area contributed by atoms with Crippen molar-refractivity contribution < 1.29 is 33.3 Å². The SMILES string of the molecule is COCC(=CC(=O)OC)c1cccc(OCc2ccccc2)c1.COCC(=O)c1cccc(OCc2ccccc2)c1.[B]B([B])B(B([B])[B])B(B(B([B])[B])B([B])[B])B(B(B([B])[B])B([B])[B])B(B(B(B([B])[B])B([B])[B])B(B([B])[B])B([B])[B])B(B(B(B(B([B])[B])B([B])[B])B(B([B])[B])B([B])[B])B(B(B([B])[B])B([B])[B])B(B([B])[B])B([B])[B])B(B(B(B([B])[B])B([B])[B])B(B([B])[B])B([B])[B])B(B(B([B])[B])B([B])[B])B(B([B])[B])B([B])[B]. The highest BCUT2D eigenvalue weighted by Crippen LogP contribution is 2.32. The van der Waals surface area contributed by atoms with Gasteiger partial charge in [0.15, 0.2) is 5.78 Å². The number of carbonyl (C=O) groups is 2. The molecule has 4 aromatic carbocycles. The minimum absolute atomic E-state index is 0.0485. The van der Waals surface area contributed by atoms with E-state index >= 15 is 0 Å². The van der Waals surface area contributed by atoms with Crippen LogP contribution in [-0.4, -0.2) is 768 Å². The first-order chi connectivity index (χ1) is 66.9. The van der Waals surface area contributed by atoms with Crippen molar-refractivity contribution in [2.75, 3.05) is 34.5 Å². The van der Waals surface area contributed by atoms with Gasteiger partial charge in [-0.3, -0.25) is 4.79 Å². The molecule has 144 heavy (non-hydrogen) atoms. The summed E-state index contributed by atoms with van der Waals surface area (Å²) in [5.41, 5.74) is 4.40. The summed E-state index contributed by atoms with van der Waals surface area (Å²) in [4.78, 5) is 23.2. The van der Waals surface area contributed by atoms with E-state index in [1.54, 1.807) is 19.2 Å². The van der Waals surface area contributed by atoms with E-state index in [2.05, 4.69) is 4.74 Å². The number of rotatable bonds is 62. The van der Waals surface area contributed by atoms with Crippen LogP contribution in [-0.2, 0) is 32.2 Å². The maximum Gasteiger partial charge on any atom is 0.330 e. The molecule has 0 amide bonds. The zero-order valence-corrected chi connectivity index (χ0v) is 83.0. The Hall–Kier alpha value is 1.90. The number of ketones is 1. The Balaban J connectivity index is 0.00000134. The van der Waals surface area contributed by atoms with Crippen molar-refractivity contribution in [1.82, 2.24) is 0 Å². The number of esters is 1. The van der Waals surface area contributed by atoms with Gasteiger partial charge in [0.1, 0.15) is 31.3 Å². The van der Waals surface area contributed by atoms with E-state index in [4.69, 9.17) is 421 Å². The molecule has 0 aromatic heterocycles. The number of benzene rings is 4. The van der Waals surface area contributed by atoms with Gasteiger partial charge in [-0.1, -0.05) is 84.9 Å². The molecule has 0 aliphatic rings. The molecule has 0 saturated heterocycles. The number of methoxy groups -OCH3 is 3. The van der Waals surface area contributed by atoms with Crippen molar-refractivity contribution >= 4 is 739 Å². The molecule has 0 bridgehead atoms. The van der Waals surface area contributed by atoms with Gasteiger partial charge in [-0.2, -0.15) is 0 Å². The summed E-state index contributed by atoms with van der Waals surface area (Å²) in [5.74, 6) is 0.962. The Kier molecular flexibility index (Phi) is 69.1. The number of hydrogen-bond donors (Lipinski definition) is 0. The molecule has 104 radical (unpaired) electrons. The van der Waals surface area contributed by atoms with E-state index in [-0.39, 0.29) is 12.4 Å². The first-order valence-electron chi connectivity index (χ1n) is 47.0. The fraction of sp³-hybridized carbons (Fsp3) is 0.200. The van der Waals surface area contributed by atoms with E-state index in [1.807, 2.05) is 97.1 Å². The topological polar surface area (TPSA) is 80.3 Å². The number of carbonyl (C=O) groups excluding carboxylic acids is 2. The highest BCUT2D eigenvalue weighted by atomic mass is 16.5. The molecule has 109 heteroatoms. The maximum absolute atomic E-state index is 11.7. The van der Waals surface area contributed by atoms with Crippen LogP contribution in [0.5, 0.6) is 11.5 Å². The quantitative estimate of drug-likeness (QED) is 0.0189. The first kappa shape index (κ1) is 142. The third-order valence-electron chi connectivity index (χ3n) is 27.7. The molecule has 7 nitrogen and oxygen atoms in total. The monoisotopic (exact) mass is 1690 g/mol. The van der Waals surface area contributed by atoms with Crippen LogP contribution < -0.4 is 9.47 Å². The van der Waals surface area contributed by atoms with E-state index < -0.39 is 325 Å². The van der Waals surface area contributed by atoms with Crippen molar-refractivity contribution in [3.05, 3.63) is 138 Å². The maximum atomic E-state index is 11.7. The second kappa shape index (κ2) is 70.1. The van der Waals surface area contributed by atoms with Crippen LogP contribution in [0, 0.1) is 0 Å². The molecule has 4 rings (SSSR count). The molecule has 0 aliphatic carbocycles. The Morgan fingerprint density at radius 2 is 0.375 bits per heavy atom. The lowest BCUT2D eigenvalue weighted by Gasteiger charge is -2.63. The summed E-state index contributed by atoms with van der Waals surface area (Å²) >= 11 is 0. The summed E-state index contributed by atoms with van der Waals surface area (Å²) in [6, 6.07) is 34.6. The fourth-order valence-corrected chi connectivity index (χ4v) is 22.3. The smallest absolute Gasteiger partial charge is 0.330 e. The van der Waals surface area contributed by atoms with Gasteiger partial charge in [-0.05, 0) is 46.5 Å².